The van der Waals surface area contributed by atoms with E-state index in [1.165, 1.54) is 18.3 Å². The summed E-state index contributed by atoms with van der Waals surface area (Å²) in [5.74, 6) is 0.207. The van der Waals surface area contributed by atoms with E-state index in [-0.39, 0.29) is 5.91 Å². The summed E-state index contributed by atoms with van der Waals surface area (Å²) in [5, 5.41) is 8.59. The smallest absolute Gasteiger partial charge is 0.250 e. The number of rotatable bonds is 1. The zero-order valence-electron chi connectivity index (χ0n) is 7.24. The van der Waals surface area contributed by atoms with Gasteiger partial charge < -0.3 is 0 Å². The van der Waals surface area contributed by atoms with E-state index in [1.54, 1.807) is 4.52 Å². The molecule has 2 aromatic rings. The molecule has 0 spiro atoms. The summed E-state index contributed by atoms with van der Waals surface area (Å²) in [7, 11) is 0. The first-order chi connectivity index (χ1) is 6.16. The molecule has 2 heterocycles. The number of aryl methyl sites for hydroxylation is 1. The molecule has 0 aliphatic rings. The predicted octanol–water partition coefficient (Wildman–Crippen LogP) is 1.06. The Morgan fingerprint density at radius 2 is 2.46 bits per heavy atom. The summed E-state index contributed by atoms with van der Waals surface area (Å²) in [6.07, 6.45) is 0. The van der Waals surface area contributed by atoms with Crippen LogP contribution in [0.5, 0.6) is 0 Å². The van der Waals surface area contributed by atoms with Crippen molar-refractivity contribution >= 4 is 28.2 Å². The van der Waals surface area contributed by atoms with Gasteiger partial charge in [0.15, 0.2) is 0 Å². The molecule has 0 atom stereocenters. The van der Waals surface area contributed by atoms with Crippen molar-refractivity contribution in [2.45, 2.75) is 13.8 Å². The molecule has 13 heavy (non-hydrogen) atoms. The first kappa shape index (κ1) is 8.18. The minimum absolute atomic E-state index is 0.157. The van der Waals surface area contributed by atoms with Crippen molar-refractivity contribution in [3.05, 3.63) is 11.1 Å². The molecule has 0 saturated heterocycles. The van der Waals surface area contributed by atoms with Crippen LogP contribution in [0.25, 0.3) is 4.96 Å². The predicted molar refractivity (Wildman–Crippen MR) is 49.9 cm³/mol. The average Bonchev–Trinajstić information content (AvgIpc) is 2.53. The molecule has 0 fully saturated rings. The fourth-order valence-electron chi connectivity index (χ4n) is 1.00. The third-order valence-electron chi connectivity index (χ3n) is 1.53. The van der Waals surface area contributed by atoms with Gasteiger partial charge in [-0.2, -0.15) is 4.98 Å². The third-order valence-corrected chi connectivity index (χ3v) is 2.47. The Morgan fingerprint density at radius 1 is 1.69 bits per heavy atom. The highest BCUT2D eigenvalue weighted by Gasteiger charge is 2.07. The van der Waals surface area contributed by atoms with Gasteiger partial charge in [0.2, 0.25) is 16.8 Å². The quantitative estimate of drug-likeness (QED) is 0.741. The summed E-state index contributed by atoms with van der Waals surface area (Å²) < 4.78 is 1.70. The summed E-state index contributed by atoms with van der Waals surface area (Å²) in [6, 6.07) is 0. The van der Waals surface area contributed by atoms with E-state index < -0.39 is 0 Å². The lowest BCUT2D eigenvalue weighted by atomic mass is 10.6. The molecule has 68 valence electrons. The van der Waals surface area contributed by atoms with Crippen molar-refractivity contribution in [2.24, 2.45) is 0 Å². The molecule has 6 heteroatoms. The third kappa shape index (κ3) is 1.40. The van der Waals surface area contributed by atoms with Gasteiger partial charge in [-0.05, 0) is 6.92 Å². The van der Waals surface area contributed by atoms with Crippen LogP contribution in [0.4, 0.5) is 5.95 Å². The number of anilines is 1. The first-order valence-electron chi connectivity index (χ1n) is 3.75. The number of hydrogen-bond acceptors (Lipinski definition) is 4. The van der Waals surface area contributed by atoms with Crippen LogP contribution in [-0.2, 0) is 4.79 Å². The molecule has 0 saturated carbocycles. The molecule has 5 nitrogen and oxygen atoms in total. The Hall–Kier alpha value is -1.43. The molecule has 0 aromatic carbocycles. The Balaban J connectivity index is 2.44. The summed E-state index contributed by atoms with van der Waals surface area (Å²) in [6.45, 7) is 3.37. The molecule has 0 unspecified atom stereocenters. The second-order valence-electron chi connectivity index (χ2n) is 2.69. The topological polar surface area (TPSA) is 59.3 Å². The summed E-state index contributed by atoms with van der Waals surface area (Å²) >= 11 is 1.50. The molecular weight excluding hydrogens is 188 g/mol. The molecular formula is C7H8N4OS. The van der Waals surface area contributed by atoms with E-state index in [2.05, 4.69) is 15.4 Å². The Kier molecular flexibility index (Phi) is 1.77. The second kappa shape index (κ2) is 2.81. The largest absolute Gasteiger partial charge is 0.293 e. The molecule has 2 rings (SSSR count). The standard InChI is InChI=1S/C7H8N4OS/c1-4-3-13-7-9-6(8-5(2)12)10-11(4)7/h3H,1-2H3,(H,8,10,12). The van der Waals surface area contributed by atoms with E-state index in [1.807, 2.05) is 12.3 Å². The van der Waals surface area contributed by atoms with Crippen molar-refractivity contribution < 1.29 is 4.79 Å². The lowest BCUT2D eigenvalue weighted by molar-refractivity contribution is -0.114. The zero-order chi connectivity index (χ0) is 9.42. The molecule has 0 bridgehead atoms. The van der Waals surface area contributed by atoms with Crippen LogP contribution in [-0.4, -0.2) is 20.5 Å². The Bertz CT molecular complexity index is 458. The van der Waals surface area contributed by atoms with Crippen LogP contribution < -0.4 is 5.32 Å². The zero-order valence-corrected chi connectivity index (χ0v) is 8.05. The number of thiazole rings is 1. The van der Waals surface area contributed by atoms with Crippen LogP contribution in [0, 0.1) is 6.92 Å². The number of amides is 1. The number of carbonyl (C=O) groups excluding carboxylic acids is 1. The highest BCUT2D eigenvalue weighted by atomic mass is 32.1. The van der Waals surface area contributed by atoms with Crippen LogP contribution in [0.2, 0.25) is 0 Å². The maximum absolute atomic E-state index is 10.7. The monoisotopic (exact) mass is 196 g/mol. The van der Waals surface area contributed by atoms with E-state index in [4.69, 9.17) is 0 Å². The lowest BCUT2D eigenvalue weighted by Crippen LogP contribution is -2.07. The van der Waals surface area contributed by atoms with Gasteiger partial charge in [0.1, 0.15) is 0 Å². The summed E-state index contributed by atoms with van der Waals surface area (Å²) in [5.41, 5.74) is 1.02. The van der Waals surface area contributed by atoms with Crippen molar-refractivity contribution in [3.63, 3.8) is 0 Å². The molecule has 2 aromatic heterocycles. The number of hydrogen-bond donors (Lipinski definition) is 1. The summed E-state index contributed by atoms with van der Waals surface area (Å²) in [4.78, 5) is 15.6. The maximum atomic E-state index is 10.7. The van der Waals surface area contributed by atoms with Gasteiger partial charge in [-0.15, -0.1) is 16.4 Å². The number of fused-ring (bicyclic) bond motifs is 1. The van der Waals surface area contributed by atoms with Crippen molar-refractivity contribution in [1.29, 1.82) is 0 Å². The Labute approximate surface area is 78.4 Å². The molecule has 0 radical (unpaired) electrons. The van der Waals surface area contributed by atoms with Crippen LogP contribution in [0.15, 0.2) is 5.38 Å². The van der Waals surface area contributed by atoms with Gasteiger partial charge in [0, 0.05) is 12.3 Å². The second-order valence-corrected chi connectivity index (χ2v) is 3.52. The van der Waals surface area contributed by atoms with Gasteiger partial charge in [0.25, 0.3) is 0 Å². The Morgan fingerprint density at radius 3 is 3.08 bits per heavy atom. The molecule has 1 amide bonds. The van der Waals surface area contributed by atoms with Crippen molar-refractivity contribution in [1.82, 2.24) is 14.6 Å². The van der Waals surface area contributed by atoms with Crippen LogP contribution in [0.3, 0.4) is 0 Å². The minimum atomic E-state index is -0.157. The average molecular weight is 196 g/mol. The van der Waals surface area contributed by atoms with Gasteiger partial charge in [-0.1, -0.05) is 0 Å². The molecule has 0 aliphatic heterocycles. The van der Waals surface area contributed by atoms with Crippen molar-refractivity contribution in [3.8, 4) is 0 Å². The normalized spacial score (nSPS) is 10.6. The van der Waals surface area contributed by atoms with E-state index in [0.717, 1.165) is 10.7 Å². The van der Waals surface area contributed by atoms with Gasteiger partial charge >= 0.3 is 0 Å². The van der Waals surface area contributed by atoms with E-state index in [0.29, 0.717) is 5.95 Å². The lowest BCUT2D eigenvalue weighted by Gasteiger charge is -1.91. The highest BCUT2D eigenvalue weighted by molar-refractivity contribution is 7.15. The van der Waals surface area contributed by atoms with E-state index >= 15 is 0 Å². The van der Waals surface area contributed by atoms with Crippen LogP contribution in [0.1, 0.15) is 12.6 Å². The van der Waals surface area contributed by atoms with Gasteiger partial charge in [-0.3, -0.25) is 10.1 Å². The highest BCUT2D eigenvalue weighted by Crippen LogP contribution is 2.14. The van der Waals surface area contributed by atoms with Crippen molar-refractivity contribution in [2.75, 3.05) is 5.32 Å². The fourth-order valence-corrected chi connectivity index (χ4v) is 1.80. The molecule has 0 aliphatic carbocycles. The SMILES string of the molecule is CC(=O)Nc1nc2scc(C)n2n1. The van der Waals surface area contributed by atoms with Gasteiger partial charge in [-0.25, -0.2) is 4.52 Å². The van der Waals surface area contributed by atoms with Crippen LogP contribution >= 0.6 is 11.3 Å². The van der Waals surface area contributed by atoms with Gasteiger partial charge in [0.05, 0.1) is 5.69 Å². The minimum Gasteiger partial charge on any atom is -0.293 e. The number of carbonyl (C=O) groups is 1. The number of nitrogens with one attached hydrogen (secondary N) is 1. The number of aromatic nitrogens is 3. The fraction of sp³-hybridized carbons (Fsp3) is 0.286. The number of nitrogens with zero attached hydrogens (tertiary/aromatic N) is 3. The van der Waals surface area contributed by atoms with E-state index in [9.17, 15) is 4.79 Å². The first-order valence-corrected chi connectivity index (χ1v) is 4.63. The molecule has 1 N–H and O–H groups in total. The maximum Gasteiger partial charge on any atom is 0.250 e.